The van der Waals surface area contributed by atoms with Crippen LogP contribution in [-0.4, -0.2) is 15.1 Å². The monoisotopic (exact) mass is 305 g/mol. The molecule has 0 aliphatic rings. The van der Waals surface area contributed by atoms with Crippen LogP contribution in [0.1, 0.15) is 5.56 Å². The molecule has 1 aromatic heterocycles. The van der Waals surface area contributed by atoms with Gasteiger partial charge in [-0.2, -0.15) is 10.2 Å². The van der Waals surface area contributed by atoms with E-state index in [1.165, 1.54) is 6.07 Å². The lowest BCUT2D eigenvalue weighted by Gasteiger charge is -2.07. The van der Waals surface area contributed by atoms with Crippen LogP contribution in [-0.2, 0) is 0 Å². The molecule has 0 aliphatic heterocycles. The lowest BCUT2D eigenvalue weighted by Crippen LogP contribution is -2.04. The van der Waals surface area contributed by atoms with Gasteiger partial charge in [-0.3, -0.25) is 0 Å². The maximum atomic E-state index is 9.43. The maximum Gasteiger partial charge on any atom is 0.222 e. The smallest absolute Gasteiger partial charge is 0.222 e. The molecule has 1 aromatic carbocycles. The van der Waals surface area contributed by atoms with E-state index in [-0.39, 0.29) is 23.1 Å². The maximum absolute atomic E-state index is 9.43. The average Bonchev–Trinajstić information content (AvgIpc) is 2.32. The van der Waals surface area contributed by atoms with Crippen molar-refractivity contribution in [2.24, 2.45) is 0 Å². The first kappa shape index (κ1) is 12.1. The second-order valence-corrected chi connectivity index (χ2v) is 4.32. The van der Waals surface area contributed by atoms with Crippen LogP contribution in [0.5, 0.6) is 5.75 Å². The third kappa shape index (κ3) is 2.06. The van der Waals surface area contributed by atoms with E-state index in [0.717, 1.165) is 0 Å². The van der Waals surface area contributed by atoms with E-state index in [0.29, 0.717) is 15.7 Å². The minimum atomic E-state index is -0.00861. The molecule has 1 heterocycles. The minimum Gasteiger partial charge on any atom is -0.507 e. The van der Waals surface area contributed by atoms with Crippen molar-refractivity contribution in [1.29, 1.82) is 5.26 Å². The van der Waals surface area contributed by atoms with Gasteiger partial charge < -0.3 is 16.6 Å². The van der Waals surface area contributed by atoms with Crippen LogP contribution in [0, 0.1) is 11.3 Å². The number of nitriles is 1. The number of phenolic OH excluding ortho intramolecular Hbond substituents is 1. The van der Waals surface area contributed by atoms with Gasteiger partial charge in [-0.25, -0.2) is 4.98 Å². The van der Waals surface area contributed by atoms with Crippen molar-refractivity contribution in [3.8, 4) is 23.1 Å². The summed E-state index contributed by atoms with van der Waals surface area (Å²) in [7, 11) is 0. The van der Waals surface area contributed by atoms with Crippen molar-refractivity contribution in [3.05, 3.63) is 28.2 Å². The molecule has 0 amide bonds. The van der Waals surface area contributed by atoms with Crippen molar-refractivity contribution in [2.45, 2.75) is 0 Å². The summed E-state index contributed by atoms with van der Waals surface area (Å²) in [6.45, 7) is 0. The van der Waals surface area contributed by atoms with Crippen molar-refractivity contribution in [1.82, 2.24) is 9.97 Å². The molecule has 0 atom stereocenters. The Hall–Kier alpha value is -2.33. The number of benzene rings is 1. The Morgan fingerprint density at radius 3 is 2.61 bits per heavy atom. The van der Waals surface area contributed by atoms with Crippen LogP contribution in [0.3, 0.4) is 0 Å². The number of nitrogens with zero attached hydrogens (tertiary/aromatic N) is 3. The highest BCUT2D eigenvalue weighted by Gasteiger charge is 2.14. The standard InChI is InChI=1S/C11H8BrN5O/c12-7-3-5(1-2-8(7)18)9-6(4-13)10(14)17-11(15)16-9/h1-3,18H,(H4,14,15,16,17). The van der Waals surface area contributed by atoms with Gasteiger partial charge in [0.05, 0.1) is 10.2 Å². The molecule has 18 heavy (non-hydrogen) atoms. The summed E-state index contributed by atoms with van der Waals surface area (Å²) in [5.74, 6) is 0.113. The number of nitrogens with two attached hydrogens (primary N) is 2. The Balaban J connectivity index is 2.70. The van der Waals surface area contributed by atoms with Gasteiger partial charge in [-0.1, -0.05) is 0 Å². The van der Waals surface area contributed by atoms with E-state index in [9.17, 15) is 5.11 Å². The molecule has 0 fully saturated rings. The third-order valence-corrected chi connectivity index (χ3v) is 2.92. The number of halogens is 1. The summed E-state index contributed by atoms with van der Waals surface area (Å²) in [5, 5.41) is 18.5. The average molecular weight is 306 g/mol. The Labute approximate surface area is 111 Å². The van der Waals surface area contributed by atoms with Gasteiger partial charge in [0.1, 0.15) is 23.2 Å². The molecule has 2 aromatic rings. The minimum absolute atomic E-state index is 0.00861. The fraction of sp³-hybridized carbons (Fsp3) is 0. The van der Waals surface area contributed by atoms with E-state index >= 15 is 0 Å². The summed E-state index contributed by atoms with van der Waals surface area (Å²) in [4.78, 5) is 7.74. The number of rotatable bonds is 1. The molecule has 0 unspecified atom stereocenters. The molecule has 0 radical (unpaired) electrons. The van der Waals surface area contributed by atoms with Crippen molar-refractivity contribution >= 4 is 27.7 Å². The predicted molar refractivity (Wildman–Crippen MR) is 70.4 cm³/mol. The molecule has 90 valence electrons. The van der Waals surface area contributed by atoms with Crippen LogP contribution in [0.2, 0.25) is 0 Å². The molecular formula is C11H8BrN5O. The number of hydrogen-bond acceptors (Lipinski definition) is 6. The first-order chi connectivity index (χ1) is 8.52. The van der Waals surface area contributed by atoms with E-state index in [4.69, 9.17) is 16.7 Å². The molecule has 0 saturated heterocycles. The molecular weight excluding hydrogens is 298 g/mol. The van der Waals surface area contributed by atoms with Gasteiger partial charge in [0.25, 0.3) is 0 Å². The van der Waals surface area contributed by atoms with Crippen LogP contribution in [0.25, 0.3) is 11.3 Å². The third-order valence-electron chi connectivity index (χ3n) is 2.29. The number of hydrogen-bond donors (Lipinski definition) is 3. The summed E-state index contributed by atoms with van der Waals surface area (Å²) in [6, 6.07) is 6.66. The lowest BCUT2D eigenvalue weighted by molar-refractivity contribution is 0.472. The zero-order valence-corrected chi connectivity index (χ0v) is 10.6. The van der Waals surface area contributed by atoms with Crippen LogP contribution in [0.15, 0.2) is 22.7 Å². The Kier molecular flexibility index (Phi) is 3.04. The number of anilines is 2. The summed E-state index contributed by atoms with van der Waals surface area (Å²) in [6.07, 6.45) is 0. The van der Waals surface area contributed by atoms with Crippen molar-refractivity contribution in [3.63, 3.8) is 0 Å². The normalized spacial score (nSPS) is 10.0. The predicted octanol–water partition coefficient (Wildman–Crippen LogP) is 1.65. The molecule has 7 heteroatoms. The Morgan fingerprint density at radius 2 is 2.00 bits per heavy atom. The molecule has 5 N–H and O–H groups in total. The second kappa shape index (κ2) is 4.50. The quantitative estimate of drug-likeness (QED) is 0.736. The highest BCUT2D eigenvalue weighted by Crippen LogP contribution is 2.31. The number of aromatic hydroxyl groups is 1. The SMILES string of the molecule is N#Cc1c(N)nc(N)nc1-c1ccc(O)c(Br)c1. The first-order valence-corrected chi connectivity index (χ1v) is 5.64. The van der Waals surface area contributed by atoms with Gasteiger partial charge >= 0.3 is 0 Å². The number of aromatic nitrogens is 2. The van der Waals surface area contributed by atoms with Crippen LogP contribution >= 0.6 is 15.9 Å². The summed E-state index contributed by atoms with van der Waals surface area (Å²) < 4.78 is 0.486. The van der Waals surface area contributed by atoms with E-state index in [2.05, 4.69) is 25.9 Å². The van der Waals surface area contributed by atoms with E-state index < -0.39 is 0 Å². The summed E-state index contributed by atoms with van der Waals surface area (Å²) in [5.41, 5.74) is 12.2. The zero-order valence-electron chi connectivity index (χ0n) is 9.05. The molecule has 0 aliphatic carbocycles. The number of nitrogen functional groups attached to an aromatic ring is 2. The van der Waals surface area contributed by atoms with Gasteiger partial charge in [-0.05, 0) is 34.1 Å². The fourth-order valence-corrected chi connectivity index (χ4v) is 1.85. The molecule has 0 bridgehead atoms. The van der Waals surface area contributed by atoms with Gasteiger partial charge in [0.2, 0.25) is 5.95 Å². The molecule has 0 saturated carbocycles. The van der Waals surface area contributed by atoms with Crippen LogP contribution in [0.4, 0.5) is 11.8 Å². The molecule has 6 nitrogen and oxygen atoms in total. The second-order valence-electron chi connectivity index (χ2n) is 3.47. The topological polar surface area (TPSA) is 122 Å². The van der Waals surface area contributed by atoms with Gasteiger partial charge in [0, 0.05) is 5.56 Å². The number of phenols is 1. The van der Waals surface area contributed by atoms with Crippen molar-refractivity contribution < 1.29 is 5.11 Å². The highest BCUT2D eigenvalue weighted by atomic mass is 79.9. The van der Waals surface area contributed by atoms with Crippen LogP contribution < -0.4 is 11.5 Å². The first-order valence-electron chi connectivity index (χ1n) is 4.85. The Bertz CT molecular complexity index is 665. The van der Waals surface area contributed by atoms with Gasteiger partial charge in [-0.15, -0.1) is 0 Å². The largest absolute Gasteiger partial charge is 0.507 e. The highest BCUT2D eigenvalue weighted by molar-refractivity contribution is 9.10. The van der Waals surface area contributed by atoms with Crippen molar-refractivity contribution in [2.75, 3.05) is 11.5 Å². The summed E-state index contributed by atoms with van der Waals surface area (Å²) >= 11 is 3.19. The van der Waals surface area contributed by atoms with Gasteiger partial charge in [0.15, 0.2) is 0 Å². The fourth-order valence-electron chi connectivity index (χ4n) is 1.47. The zero-order chi connectivity index (χ0) is 13.3. The molecule has 0 spiro atoms. The lowest BCUT2D eigenvalue weighted by atomic mass is 10.1. The Morgan fingerprint density at radius 1 is 1.28 bits per heavy atom. The van der Waals surface area contributed by atoms with E-state index in [1.807, 2.05) is 6.07 Å². The van der Waals surface area contributed by atoms with E-state index in [1.54, 1.807) is 12.1 Å². The molecule has 2 rings (SSSR count).